The van der Waals surface area contributed by atoms with Gasteiger partial charge in [0.05, 0.1) is 19.8 Å². The van der Waals surface area contributed by atoms with Crippen LogP contribution in [-0.2, 0) is 39.0 Å². The van der Waals surface area contributed by atoms with Crippen molar-refractivity contribution in [1.29, 1.82) is 0 Å². The molecule has 0 bridgehead atoms. The molecule has 0 aromatic heterocycles. The van der Waals surface area contributed by atoms with Crippen molar-refractivity contribution in [2.75, 3.05) is 13.7 Å². The van der Waals surface area contributed by atoms with Gasteiger partial charge in [-0.15, -0.1) is 0 Å². The van der Waals surface area contributed by atoms with Gasteiger partial charge in [-0.2, -0.15) is 0 Å². The predicted molar refractivity (Wildman–Crippen MR) is 217 cm³/mol. The standard InChI is InChI=1S/C43H53IN2O4Si/c1-30(2)51(31(3)4,32(5)6)50-29-35-20-23-38(39(44)26-35)41-43(36-16-12-9-13-17-36,27-40(47)46(41)28-34-14-10-8-11-15-34)42(48)45-25-24-33-18-21-37(49-7)22-19-33/h8-23,26,30-32,41H,24-25,27-29H2,1-7H3,(H,45,48)/t41-,43-/m1/s1. The van der Waals surface area contributed by atoms with E-state index in [0.717, 1.165) is 37.1 Å². The van der Waals surface area contributed by atoms with Crippen molar-refractivity contribution >= 4 is 42.7 Å². The number of ether oxygens (including phenoxy) is 1. The molecule has 4 aromatic rings. The molecule has 1 saturated heterocycles. The number of amides is 2. The van der Waals surface area contributed by atoms with Crippen molar-refractivity contribution in [2.45, 2.75) is 95.6 Å². The largest absolute Gasteiger partial charge is 0.497 e. The minimum Gasteiger partial charge on any atom is -0.497 e. The van der Waals surface area contributed by atoms with Crippen molar-refractivity contribution in [3.05, 3.63) is 135 Å². The first-order chi connectivity index (χ1) is 24.4. The molecule has 51 heavy (non-hydrogen) atoms. The molecule has 8 heteroatoms. The summed E-state index contributed by atoms with van der Waals surface area (Å²) in [4.78, 5) is 31.1. The van der Waals surface area contributed by atoms with Crippen LogP contribution in [0.2, 0.25) is 16.6 Å². The van der Waals surface area contributed by atoms with Crippen molar-refractivity contribution in [3.63, 3.8) is 0 Å². The number of carbonyl (C=O) groups is 2. The van der Waals surface area contributed by atoms with E-state index in [-0.39, 0.29) is 18.2 Å². The van der Waals surface area contributed by atoms with Gasteiger partial charge in [0.25, 0.3) is 0 Å². The Labute approximate surface area is 319 Å². The molecular weight excluding hydrogens is 763 g/mol. The zero-order valence-electron chi connectivity index (χ0n) is 31.1. The summed E-state index contributed by atoms with van der Waals surface area (Å²) in [5.41, 5.74) is 5.36. The molecule has 0 saturated carbocycles. The number of nitrogens with zero attached hydrogens (tertiary/aromatic N) is 1. The Bertz CT molecular complexity index is 1740. The van der Waals surface area contributed by atoms with Gasteiger partial charge >= 0.3 is 0 Å². The number of halogens is 1. The van der Waals surface area contributed by atoms with Crippen LogP contribution in [0.5, 0.6) is 5.75 Å². The van der Waals surface area contributed by atoms with Crippen molar-refractivity contribution in [2.24, 2.45) is 0 Å². The topological polar surface area (TPSA) is 67.9 Å². The van der Waals surface area contributed by atoms with Gasteiger partial charge in [0.2, 0.25) is 20.1 Å². The highest BCUT2D eigenvalue weighted by molar-refractivity contribution is 14.1. The average molecular weight is 817 g/mol. The average Bonchev–Trinajstić information content (AvgIpc) is 3.41. The van der Waals surface area contributed by atoms with E-state index in [4.69, 9.17) is 9.16 Å². The van der Waals surface area contributed by atoms with Crippen LogP contribution in [-0.4, -0.2) is 38.7 Å². The van der Waals surface area contributed by atoms with E-state index in [0.29, 0.717) is 42.7 Å². The van der Waals surface area contributed by atoms with Gasteiger partial charge in [0.15, 0.2) is 0 Å². The maximum absolute atomic E-state index is 14.8. The normalized spacial score (nSPS) is 17.8. The van der Waals surface area contributed by atoms with Crippen LogP contribution in [0.25, 0.3) is 0 Å². The number of hydrogen-bond donors (Lipinski definition) is 1. The molecule has 2 atom stereocenters. The lowest BCUT2D eigenvalue weighted by atomic mass is 9.70. The van der Waals surface area contributed by atoms with Gasteiger partial charge in [-0.3, -0.25) is 9.59 Å². The Morgan fingerprint density at radius 3 is 2.00 bits per heavy atom. The lowest BCUT2D eigenvalue weighted by Gasteiger charge is -2.42. The molecule has 1 heterocycles. The first kappa shape index (κ1) is 38.8. The van der Waals surface area contributed by atoms with Crippen LogP contribution in [0, 0.1) is 3.57 Å². The SMILES string of the molecule is COc1ccc(CCNC(=O)[C@@]2(c3ccccc3)CC(=O)N(Cc3ccccc3)[C@@H]2c2ccc(CO[Si](C(C)C)(C(C)C)C(C)C)cc2I)cc1. The monoisotopic (exact) mass is 816 g/mol. The summed E-state index contributed by atoms with van der Waals surface area (Å²) in [5, 5.41) is 3.28. The maximum atomic E-state index is 14.8. The van der Waals surface area contributed by atoms with Crippen LogP contribution in [0.1, 0.15) is 81.8 Å². The zero-order chi connectivity index (χ0) is 36.8. The van der Waals surface area contributed by atoms with Crippen LogP contribution in [0.4, 0.5) is 0 Å². The summed E-state index contributed by atoms with van der Waals surface area (Å²) >= 11 is 2.40. The van der Waals surface area contributed by atoms with E-state index in [1.165, 1.54) is 0 Å². The summed E-state index contributed by atoms with van der Waals surface area (Å²) in [6.07, 6.45) is 0.738. The van der Waals surface area contributed by atoms with E-state index in [1.807, 2.05) is 89.8 Å². The summed E-state index contributed by atoms with van der Waals surface area (Å²) < 4.78 is 13.3. The van der Waals surface area contributed by atoms with E-state index in [2.05, 4.69) is 87.6 Å². The molecule has 1 aliphatic rings. The second-order valence-corrected chi connectivity index (χ2v) is 21.4. The minimum atomic E-state index is -2.07. The summed E-state index contributed by atoms with van der Waals surface area (Å²) in [6.45, 7) is 15.2. The van der Waals surface area contributed by atoms with Crippen LogP contribution in [0.15, 0.2) is 103 Å². The Morgan fingerprint density at radius 1 is 0.843 bits per heavy atom. The molecule has 1 aliphatic heterocycles. The van der Waals surface area contributed by atoms with Gasteiger partial charge in [-0.05, 0) is 91.7 Å². The van der Waals surface area contributed by atoms with Crippen molar-refractivity contribution in [3.8, 4) is 5.75 Å². The maximum Gasteiger partial charge on any atom is 0.233 e. The molecule has 5 rings (SSSR count). The third kappa shape index (κ3) is 8.13. The molecule has 0 aliphatic carbocycles. The van der Waals surface area contributed by atoms with Crippen molar-refractivity contribution in [1.82, 2.24) is 10.2 Å². The minimum absolute atomic E-state index is 0.0391. The predicted octanol–water partition coefficient (Wildman–Crippen LogP) is 9.76. The molecule has 0 radical (unpaired) electrons. The number of likely N-dealkylation sites (tertiary alicyclic amines) is 1. The summed E-state index contributed by atoms with van der Waals surface area (Å²) in [6, 6.07) is 33.8. The lowest BCUT2D eigenvalue weighted by molar-refractivity contribution is -0.130. The molecular formula is C43H53IN2O4Si. The van der Waals surface area contributed by atoms with E-state index < -0.39 is 19.8 Å². The first-order valence-electron chi connectivity index (χ1n) is 18.2. The highest BCUT2D eigenvalue weighted by Gasteiger charge is 2.58. The third-order valence-corrected chi connectivity index (χ3v) is 17.8. The van der Waals surface area contributed by atoms with Crippen LogP contribution in [0.3, 0.4) is 0 Å². The van der Waals surface area contributed by atoms with Gasteiger partial charge in [-0.1, -0.05) is 126 Å². The number of nitrogens with one attached hydrogen (secondary N) is 1. The second-order valence-electron chi connectivity index (χ2n) is 14.7. The summed E-state index contributed by atoms with van der Waals surface area (Å²) in [7, 11) is -0.417. The van der Waals surface area contributed by atoms with E-state index in [9.17, 15) is 9.59 Å². The number of rotatable bonds is 15. The molecule has 2 amide bonds. The van der Waals surface area contributed by atoms with Crippen LogP contribution >= 0.6 is 22.6 Å². The molecule has 0 spiro atoms. The molecule has 1 fully saturated rings. The Kier molecular flexibility index (Phi) is 12.8. The van der Waals surface area contributed by atoms with Gasteiger partial charge < -0.3 is 19.4 Å². The smallest absolute Gasteiger partial charge is 0.233 e. The van der Waals surface area contributed by atoms with Crippen LogP contribution < -0.4 is 10.1 Å². The first-order valence-corrected chi connectivity index (χ1v) is 21.4. The number of benzene rings is 4. The van der Waals surface area contributed by atoms with Gasteiger partial charge in [0, 0.05) is 23.1 Å². The third-order valence-electron chi connectivity index (χ3n) is 10.8. The number of methoxy groups -OCH3 is 1. The molecule has 6 nitrogen and oxygen atoms in total. The number of hydrogen-bond acceptors (Lipinski definition) is 4. The fraction of sp³-hybridized carbons (Fsp3) is 0.395. The summed E-state index contributed by atoms with van der Waals surface area (Å²) in [5.74, 6) is 0.619. The highest BCUT2D eigenvalue weighted by atomic mass is 127. The van der Waals surface area contributed by atoms with Gasteiger partial charge in [-0.25, -0.2) is 0 Å². The molecule has 270 valence electrons. The Balaban J connectivity index is 1.54. The lowest BCUT2D eigenvalue weighted by Crippen LogP contribution is -2.49. The van der Waals surface area contributed by atoms with Crippen molar-refractivity contribution < 1.29 is 18.8 Å². The molecule has 4 aromatic carbocycles. The quantitative estimate of drug-likeness (QED) is 0.0959. The highest BCUT2D eigenvalue weighted by Crippen LogP contribution is 2.52. The van der Waals surface area contributed by atoms with E-state index >= 15 is 0 Å². The Morgan fingerprint density at radius 2 is 1.43 bits per heavy atom. The van der Waals surface area contributed by atoms with Gasteiger partial charge in [0.1, 0.15) is 11.2 Å². The fourth-order valence-corrected chi connectivity index (χ4v) is 14.7. The van der Waals surface area contributed by atoms with E-state index in [1.54, 1.807) is 7.11 Å². The Hall–Kier alpha value is -3.47. The molecule has 0 unspecified atom stereocenters. The fourth-order valence-electron chi connectivity index (χ4n) is 8.43. The second kappa shape index (κ2) is 16.9. The zero-order valence-corrected chi connectivity index (χ0v) is 34.3. The number of carbonyl (C=O) groups excluding carboxylic acids is 2. The molecule has 1 N–H and O–H groups in total.